The van der Waals surface area contributed by atoms with Crippen LogP contribution in [0.3, 0.4) is 0 Å². The van der Waals surface area contributed by atoms with Crippen molar-refractivity contribution >= 4 is 21.6 Å². The molecule has 0 aliphatic rings. The number of sulfonamides is 1. The molecule has 0 aliphatic heterocycles. The van der Waals surface area contributed by atoms with Crippen LogP contribution in [0.1, 0.15) is 0 Å². The molecule has 0 bridgehead atoms. The van der Waals surface area contributed by atoms with Crippen molar-refractivity contribution in [3.63, 3.8) is 0 Å². The molecular formula is C16H13ClFNO3S. The first-order valence-electron chi connectivity index (χ1n) is 6.57. The first-order chi connectivity index (χ1) is 11.0. The first-order valence-corrected chi connectivity index (χ1v) is 8.43. The second-order valence-electron chi connectivity index (χ2n) is 4.35. The Labute approximate surface area is 139 Å². The van der Waals surface area contributed by atoms with E-state index in [9.17, 15) is 12.8 Å². The maximum absolute atomic E-state index is 12.8. The predicted octanol–water partition coefficient (Wildman–Crippen LogP) is 2.84. The van der Waals surface area contributed by atoms with E-state index in [2.05, 4.69) is 16.6 Å². The van der Waals surface area contributed by atoms with Gasteiger partial charge in [-0.2, -0.15) is 4.72 Å². The lowest BCUT2D eigenvalue weighted by Gasteiger charge is -2.04. The van der Waals surface area contributed by atoms with Gasteiger partial charge in [-0.15, -0.1) is 0 Å². The minimum absolute atomic E-state index is 0.0204. The zero-order valence-corrected chi connectivity index (χ0v) is 13.5. The topological polar surface area (TPSA) is 55.4 Å². The second kappa shape index (κ2) is 7.97. The average Bonchev–Trinajstić information content (AvgIpc) is 2.52. The Balaban J connectivity index is 1.83. The van der Waals surface area contributed by atoms with Crippen LogP contribution in [0.15, 0.2) is 53.4 Å². The highest BCUT2D eigenvalue weighted by Gasteiger charge is 2.12. The van der Waals surface area contributed by atoms with Gasteiger partial charge in [0.15, 0.2) is 0 Å². The van der Waals surface area contributed by atoms with Crippen LogP contribution in [0.5, 0.6) is 5.75 Å². The number of hydrogen-bond donors (Lipinski definition) is 1. The third-order valence-electron chi connectivity index (χ3n) is 2.74. The Morgan fingerprint density at radius 3 is 2.48 bits per heavy atom. The molecule has 0 atom stereocenters. The summed E-state index contributed by atoms with van der Waals surface area (Å²) in [5, 5.41) is 0.478. The maximum Gasteiger partial charge on any atom is 0.241 e. The molecule has 4 nitrogen and oxygen atoms in total. The molecule has 0 amide bonds. The summed E-state index contributed by atoms with van der Waals surface area (Å²) in [4.78, 5) is -0.0204. The number of rotatable bonds is 5. The van der Waals surface area contributed by atoms with E-state index in [1.807, 2.05) is 0 Å². The smallest absolute Gasteiger partial charge is 0.241 e. The minimum atomic E-state index is -3.70. The van der Waals surface area contributed by atoms with E-state index < -0.39 is 15.8 Å². The molecule has 120 valence electrons. The molecule has 7 heteroatoms. The van der Waals surface area contributed by atoms with Crippen LogP contribution >= 0.6 is 11.6 Å². The van der Waals surface area contributed by atoms with E-state index in [0.717, 1.165) is 12.1 Å². The van der Waals surface area contributed by atoms with Crippen LogP contribution in [0.4, 0.5) is 4.39 Å². The molecule has 0 radical (unpaired) electrons. The first kappa shape index (κ1) is 17.3. The normalized spacial score (nSPS) is 10.7. The van der Waals surface area contributed by atoms with E-state index in [1.165, 1.54) is 12.1 Å². The van der Waals surface area contributed by atoms with Gasteiger partial charge in [0, 0.05) is 0 Å². The Hall–Kier alpha value is -2.07. The molecule has 0 heterocycles. The number of halogens is 2. The standard InChI is InChI=1S/C16H13ClFNO3S/c17-15-5-1-2-6-16(15)22-12-4-3-11-19-23(20,21)14-9-7-13(18)8-10-14/h1-2,5-10,19H,11-12H2. The van der Waals surface area contributed by atoms with Crippen LogP contribution in [0.2, 0.25) is 5.02 Å². The summed E-state index contributed by atoms with van der Waals surface area (Å²) >= 11 is 5.91. The maximum atomic E-state index is 12.8. The van der Waals surface area contributed by atoms with Gasteiger partial charge in [-0.05, 0) is 36.4 Å². The van der Waals surface area contributed by atoms with E-state index in [4.69, 9.17) is 16.3 Å². The highest BCUT2D eigenvalue weighted by Crippen LogP contribution is 2.22. The molecule has 0 unspecified atom stereocenters. The van der Waals surface area contributed by atoms with Crippen LogP contribution < -0.4 is 9.46 Å². The average molecular weight is 354 g/mol. The Morgan fingerprint density at radius 2 is 1.78 bits per heavy atom. The molecule has 2 aromatic carbocycles. The molecule has 0 saturated heterocycles. The van der Waals surface area contributed by atoms with Gasteiger partial charge in [-0.1, -0.05) is 35.6 Å². The fraction of sp³-hybridized carbons (Fsp3) is 0.125. The Kier molecular flexibility index (Phi) is 5.99. The lowest BCUT2D eigenvalue weighted by molar-refractivity contribution is 0.370. The van der Waals surface area contributed by atoms with E-state index in [1.54, 1.807) is 24.3 Å². The van der Waals surface area contributed by atoms with Gasteiger partial charge in [0.05, 0.1) is 16.5 Å². The highest BCUT2D eigenvalue weighted by molar-refractivity contribution is 7.89. The van der Waals surface area contributed by atoms with Crippen molar-refractivity contribution in [2.75, 3.05) is 13.2 Å². The SMILES string of the molecule is O=S(=O)(NCC#CCOc1ccccc1Cl)c1ccc(F)cc1. The predicted molar refractivity (Wildman–Crippen MR) is 86.3 cm³/mol. The van der Waals surface area contributed by atoms with Gasteiger partial charge in [-0.25, -0.2) is 12.8 Å². The zero-order chi connectivity index (χ0) is 16.7. The zero-order valence-electron chi connectivity index (χ0n) is 11.9. The molecule has 0 saturated carbocycles. The number of benzene rings is 2. The fourth-order valence-electron chi connectivity index (χ4n) is 1.62. The molecule has 0 aromatic heterocycles. The van der Waals surface area contributed by atoms with Crippen molar-refractivity contribution in [3.8, 4) is 17.6 Å². The van der Waals surface area contributed by atoms with Crippen molar-refractivity contribution in [3.05, 3.63) is 59.4 Å². The third-order valence-corrected chi connectivity index (χ3v) is 4.47. The van der Waals surface area contributed by atoms with Gasteiger partial charge < -0.3 is 4.74 Å². The summed E-state index contributed by atoms with van der Waals surface area (Å²) in [6.45, 7) is 0.00754. The molecule has 0 aliphatic carbocycles. The Bertz CT molecular complexity index is 826. The summed E-state index contributed by atoms with van der Waals surface area (Å²) in [6.07, 6.45) is 0. The largest absolute Gasteiger partial charge is 0.479 e. The molecule has 23 heavy (non-hydrogen) atoms. The van der Waals surface area contributed by atoms with Gasteiger partial charge in [0.1, 0.15) is 18.2 Å². The monoisotopic (exact) mass is 353 g/mol. The molecule has 2 aromatic rings. The molecule has 0 fully saturated rings. The molecule has 1 N–H and O–H groups in total. The van der Waals surface area contributed by atoms with Gasteiger partial charge in [0.2, 0.25) is 10.0 Å². The molecular weight excluding hydrogens is 341 g/mol. The molecule has 2 rings (SSSR count). The number of hydrogen-bond acceptors (Lipinski definition) is 3. The number of para-hydroxylation sites is 1. The van der Waals surface area contributed by atoms with Crippen LogP contribution in [0, 0.1) is 17.7 Å². The van der Waals surface area contributed by atoms with E-state index in [0.29, 0.717) is 10.8 Å². The lowest BCUT2D eigenvalue weighted by Crippen LogP contribution is -2.24. The fourth-order valence-corrected chi connectivity index (χ4v) is 2.73. The van der Waals surface area contributed by atoms with Crippen molar-refractivity contribution in [1.82, 2.24) is 4.72 Å². The molecule has 0 spiro atoms. The quantitative estimate of drug-likeness (QED) is 0.841. The van der Waals surface area contributed by atoms with Crippen molar-refractivity contribution in [1.29, 1.82) is 0 Å². The summed E-state index contributed by atoms with van der Waals surface area (Å²) in [6, 6.07) is 11.5. The van der Waals surface area contributed by atoms with E-state index in [-0.39, 0.29) is 18.0 Å². The van der Waals surface area contributed by atoms with Crippen LogP contribution in [0.25, 0.3) is 0 Å². The summed E-state index contributed by atoms with van der Waals surface area (Å²) in [7, 11) is -3.70. The van der Waals surface area contributed by atoms with Crippen LogP contribution in [-0.2, 0) is 10.0 Å². The number of nitrogens with one attached hydrogen (secondary N) is 1. The summed E-state index contributed by atoms with van der Waals surface area (Å²) < 4.78 is 44.2. The minimum Gasteiger partial charge on any atom is -0.479 e. The van der Waals surface area contributed by atoms with Crippen molar-refractivity contribution in [2.24, 2.45) is 0 Å². The lowest BCUT2D eigenvalue weighted by atomic mass is 10.3. The Morgan fingerprint density at radius 1 is 1.09 bits per heavy atom. The van der Waals surface area contributed by atoms with Gasteiger partial charge in [-0.3, -0.25) is 0 Å². The van der Waals surface area contributed by atoms with Gasteiger partial charge in [0.25, 0.3) is 0 Å². The number of ether oxygens (including phenoxy) is 1. The van der Waals surface area contributed by atoms with Crippen molar-refractivity contribution in [2.45, 2.75) is 4.90 Å². The second-order valence-corrected chi connectivity index (χ2v) is 6.53. The van der Waals surface area contributed by atoms with Crippen LogP contribution in [-0.4, -0.2) is 21.6 Å². The summed E-state index contributed by atoms with van der Waals surface area (Å²) in [5.41, 5.74) is 0. The van der Waals surface area contributed by atoms with Crippen molar-refractivity contribution < 1.29 is 17.5 Å². The third kappa shape index (κ3) is 5.25. The summed E-state index contributed by atoms with van der Waals surface area (Å²) in [5.74, 6) is 5.32. The highest BCUT2D eigenvalue weighted by atomic mass is 35.5. The van der Waals surface area contributed by atoms with Gasteiger partial charge >= 0.3 is 0 Å². The van der Waals surface area contributed by atoms with E-state index >= 15 is 0 Å².